The van der Waals surface area contributed by atoms with Gasteiger partial charge in [-0.2, -0.15) is 5.10 Å². The predicted molar refractivity (Wildman–Crippen MR) is 98.3 cm³/mol. The number of morpholine rings is 1. The normalized spacial score (nSPS) is 21.8. The van der Waals surface area contributed by atoms with Gasteiger partial charge >= 0.3 is 0 Å². The Hall–Kier alpha value is -1.76. The molecule has 2 atom stereocenters. The quantitative estimate of drug-likeness (QED) is 0.616. The minimum Gasteiger partial charge on any atom is -0.373 e. The highest BCUT2D eigenvalue weighted by Gasteiger charge is 2.23. The number of aromatic nitrogens is 3. The van der Waals surface area contributed by atoms with Crippen molar-refractivity contribution < 1.29 is 4.74 Å². The monoisotopic (exact) mass is 344 g/mol. The molecular formula is C18H24N4OS. The zero-order valence-electron chi connectivity index (χ0n) is 14.3. The molecule has 128 valence electrons. The molecule has 1 saturated heterocycles. The Morgan fingerprint density at radius 1 is 1.25 bits per heavy atom. The highest BCUT2D eigenvalue weighted by molar-refractivity contribution is 7.71. The van der Waals surface area contributed by atoms with Gasteiger partial charge in [0.25, 0.3) is 0 Å². The van der Waals surface area contributed by atoms with Crippen LogP contribution in [0.15, 0.2) is 43.0 Å². The first-order valence-electron chi connectivity index (χ1n) is 8.30. The van der Waals surface area contributed by atoms with Gasteiger partial charge in [-0.15, -0.1) is 6.58 Å². The summed E-state index contributed by atoms with van der Waals surface area (Å²) in [5, 5.41) is 4.79. The van der Waals surface area contributed by atoms with Crippen LogP contribution < -0.4 is 0 Å². The van der Waals surface area contributed by atoms with E-state index in [1.165, 1.54) is 0 Å². The summed E-state index contributed by atoms with van der Waals surface area (Å²) in [6.07, 6.45) is 2.31. The number of hydrogen-bond acceptors (Lipinski definition) is 4. The molecule has 0 radical (unpaired) electrons. The van der Waals surface area contributed by atoms with Crippen LogP contribution in [0.4, 0.5) is 0 Å². The molecular weight excluding hydrogens is 320 g/mol. The number of nitrogens with zero attached hydrogens (tertiary/aromatic N) is 4. The van der Waals surface area contributed by atoms with Crippen molar-refractivity contribution in [1.29, 1.82) is 0 Å². The average Bonchev–Trinajstić information content (AvgIpc) is 2.85. The van der Waals surface area contributed by atoms with E-state index in [1.54, 1.807) is 0 Å². The highest BCUT2D eigenvalue weighted by Crippen LogP contribution is 2.19. The molecule has 3 rings (SSSR count). The summed E-state index contributed by atoms with van der Waals surface area (Å²) in [7, 11) is 0. The first kappa shape index (κ1) is 17.1. The maximum Gasteiger partial charge on any atom is 0.199 e. The van der Waals surface area contributed by atoms with Gasteiger partial charge in [-0.3, -0.25) is 9.47 Å². The molecule has 5 nitrogen and oxygen atoms in total. The molecule has 1 fully saturated rings. The van der Waals surface area contributed by atoms with E-state index in [4.69, 9.17) is 22.1 Å². The first-order valence-corrected chi connectivity index (χ1v) is 8.71. The molecule has 0 amide bonds. The van der Waals surface area contributed by atoms with Crippen molar-refractivity contribution in [1.82, 2.24) is 19.2 Å². The van der Waals surface area contributed by atoms with E-state index in [-0.39, 0.29) is 12.2 Å². The largest absolute Gasteiger partial charge is 0.373 e. The van der Waals surface area contributed by atoms with Gasteiger partial charge in [0.1, 0.15) is 0 Å². The van der Waals surface area contributed by atoms with Crippen LogP contribution in [0.1, 0.15) is 13.8 Å². The molecule has 0 spiro atoms. The van der Waals surface area contributed by atoms with Gasteiger partial charge in [-0.1, -0.05) is 36.4 Å². The van der Waals surface area contributed by atoms with Crippen molar-refractivity contribution in [3.05, 3.63) is 47.8 Å². The van der Waals surface area contributed by atoms with E-state index >= 15 is 0 Å². The fourth-order valence-corrected chi connectivity index (χ4v) is 3.48. The summed E-state index contributed by atoms with van der Waals surface area (Å²) in [4.78, 5) is 2.34. The number of ether oxygens (including phenoxy) is 1. The standard InChI is InChI=1S/C18H24N4OS/c1-4-10-21-17(16-8-6-5-7-9-16)19-22(18(21)24)13-20-11-14(2)23-15(3)12-20/h4-9,14-15H,1,10-13H2,2-3H3/t14-,15+. The maximum absolute atomic E-state index is 5.81. The molecule has 0 aliphatic carbocycles. The molecule has 1 aliphatic heterocycles. The minimum atomic E-state index is 0.228. The third kappa shape index (κ3) is 3.66. The SMILES string of the molecule is C=CCn1c(-c2ccccc2)nn(CN2C[C@@H](C)O[C@@H](C)C2)c1=S. The first-order chi connectivity index (χ1) is 11.6. The van der Waals surface area contributed by atoms with E-state index in [1.807, 2.05) is 33.5 Å². The second-order valence-electron chi connectivity index (χ2n) is 6.31. The highest BCUT2D eigenvalue weighted by atomic mass is 32.1. The van der Waals surface area contributed by atoms with Gasteiger partial charge in [-0.05, 0) is 26.1 Å². The summed E-state index contributed by atoms with van der Waals surface area (Å²) in [6, 6.07) is 10.1. The van der Waals surface area contributed by atoms with Crippen LogP contribution in [0.5, 0.6) is 0 Å². The van der Waals surface area contributed by atoms with Crippen molar-refractivity contribution in [2.45, 2.75) is 39.3 Å². The topological polar surface area (TPSA) is 35.2 Å². The molecule has 1 aliphatic rings. The fourth-order valence-electron chi connectivity index (χ4n) is 3.22. The average molecular weight is 344 g/mol. The Bertz CT molecular complexity index is 742. The summed E-state index contributed by atoms with van der Waals surface area (Å²) >= 11 is 5.66. The Morgan fingerprint density at radius 2 is 1.92 bits per heavy atom. The predicted octanol–water partition coefficient (Wildman–Crippen LogP) is 3.33. The molecule has 2 heterocycles. The number of hydrogen-bond donors (Lipinski definition) is 0. The van der Waals surface area contributed by atoms with Crippen LogP contribution in [0.3, 0.4) is 0 Å². The lowest BCUT2D eigenvalue weighted by atomic mass is 10.2. The van der Waals surface area contributed by atoms with E-state index in [9.17, 15) is 0 Å². The molecule has 0 unspecified atom stereocenters. The van der Waals surface area contributed by atoms with Crippen molar-refractivity contribution in [2.75, 3.05) is 13.1 Å². The molecule has 0 N–H and O–H groups in total. The smallest absolute Gasteiger partial charge is 0.199 e. The van der Waals surface area contributed by atoms with Crippen LogP contribution >= 0.6 is 12.2 Å². The lowest BCUT2D eigenvalue weighted by Crippen LogP contribution is -2.46. The van der Waals surface area contributed by atoms with Gasteiger partial charge in [-0.25, -0.2) is 4.68 Å². The Morgan fingerprint density at radius 3 is 2.54 bits per heavy atom. The van der Waals surface area contributed by atoms with Crippen LogP contribution in [0, 0.1) is 4.77 Å². The third-order valence-electron chi connectivity index (χ3n) is 4.10. The molecule has 0 saturated carbocycles. The van der Waals surface area contributed by atoms with Crippen LogP contribution in [0.2, 0.25) is 0 Å². The van der Waals surface area contributed by atoms with Gasteiger partial charge in [0.05, 0.1) is 18.9 Å². The number of rotatable bonds is 5. The Labute approximate surface area is 148 Å². The number of benzene rings is 1. The summed E-state index contributed by atoms with van der Waals surface area (Å²) in [5.74, 6) is 0.884. The van der Waals surface area contributed by atoms with E-state index in [2.05, 4.69) is 37.5 Å². The van der Waals surface area contributed by atoms with Crippen molar-refractivity contribution >= 4 is 12.2 Å². The minimum absolute atomic E-state index is 0.228. The molecule has 24 heavy (non-hydrogen) atoms. The third-order valence-corrected chi connectivity index (χ3v) is 4.53. The maximum atomic E-state index is 5.81. The van der Waals surface area contributed by atoms with Crippen LogP contribution in [-0.4, -0.2) is 44.5 Å². The van der Waals surface area contributed by atoms with Crippen LogP contribution in [0.25, 0.3) is 11.4 Å². The fraction of sp³-hybridized carbons (Fsp3) is 0.444. The molecule has 6 heteroatoms. The zero-order chi connectivity index (χ0) is 17.1. The zero-order valence-corrected chi connectivity index (χ0v) is 15.1. The molecule has 1 aromatic heterocycles. The molecule has 2 aromatic rings. The second kappa shape index (κ2) is 7.42. The van der Waals surface area contributed by atoms with Gasteiger partial charge < -0.3 is 4.74 Å². The lowest BCUT2D eigenvalue weighted by Gasteiger charge is -2.34. The summed E-state index contributed by atoms with van der Waals surface area (Å²) in [5.41, 5.74) is 1.06. The van der Waals surface area contributed by atoms with E-state index in [0.29, 0.717) is 13.2 Å². The van der Waals surface area contributed by atoms with Gasteiger partial charge in [0.15, 0.2) is 10.6 Å². The molecule has 0 bridgehead atoms. The lowest BCUT2D eigenvalue weighted by molar-refractivity contribution is -0.0777. The summed E-state index contributed by atoms with van der Waals surface area (Å²) < 4.78 is 10.5. The van der Waals surface area contributed by atoms with Crippen molar-refractivity contribution in [3.63, 3.8) is 0 Å². The van der Waals surface area contributed by atoms with E-state index in [0.717, 1.165) is 29.2 Å². The Kier molecular flexibility index (Phi) is 5.28. The molecule has 1 aromatic carbocycles. The van der Waals surface area contributed by atoms with E-state index < -0.39 is 0 Å². The van der Waals surface area contributed by atoms with Crippen molar-refractivity contribution in [3.8, 4) is 11.4 Å². The van der Waals surface area contributed by atoms with Crippen molar-refractivity contribution in [2.24, 2.45) is 0 Å². The summed E-state index contributed by atoms with van der Waals surface area (Å²) in [6.45, 7) is 11.2. The van der Waals surface area contributed by atoms with Gasteiger partial charge in [0, 0.05) is 25.2 Å². The van der Waals surface area contributed by atoms with Crippen LogP contribution in [-0.2, 0) is 18.0 Å². The Balaban J connectivity index is 1.91. The number of allylic oxidation sites excluding steroid dienone is 1. The van der Waals surface area contributed by atoms with Gasteiger partial charge in [0.2, 0.25) is 0 Å². The second-order valence-corrected chi connectivity index (χ2v) is 6.67.